The van der Waals surface area contributed by atoms with E-state index < -0.39 is 33.7 Å². The fourth-order valence-electron chi connectivity index (χ4n) is 3.27. The SMILES string of the molecule is COC(=O)CNC(=O)c1ccc(C(=O)NS(=O)(=O)c2cccc(C(=O)NCCc3cccc(OC)c3)c2)cn1. The van der Waals surface area contributed by atoms with E-state index in [9.17, 15) is 27.6 Å². The Balaban J connectivity index is 1.60. The maximum atomic E-state index is 12.8. The lowest BCUT2D eigenvalue weighted by molar-refractivity contribution is -0.139. The van der Waals surface area contributed by atoms with Crippen molar-refractivity contribution in [1.82, 2.24) is 20.3 Å². The highest BCUT2D eigenvalue weighted by Gasteiger charge is 2.21. The summed E-state index contributed by atoms with van der Waals surface area (Å²) >= 11 is 0. The molecule has 1 heterocycles. The van der Waals surface area contributed by atoms with E-state index in [1.165, 1.54) is 37.4 Å². The molecule has 3 N–H and O–H groups in total. The van der Waals surface area contributed by atoms with Gasteiger partial charge in [-0.3, -0.25) is 24.2 Å². The normalized spacial score (nSPS) is 10.7. The first kappa shape index (κ1) is 28.8. The van der Waals surface area contributed by atoms with Crippen molar-refractivity contribution in [2.45, 2.75) is 11.3 Å². The van der Waals surface area contributed by atoms with Crippen molar-refractivity contribution in [1.29, 1.82) is 0 Å². The number of aromatic nitrogens is 1. The van der Waals surface area contributed by atoms with Gasteiger partial charge < -0.3 is 20.1 Å². The van der Waals surface area contributed by atoms with Gasteiger partial charge in [0.1, 0.15) is 18.0 Å². The van der Waals surface area contributed by atoms with Gasteiger partial charge >= 0.3 is 5.97 Å². The lowest BCUT2D eigenvalue weighted by Gasteiger charge is -2.10. The van der Waals surface area contributed by atoms with Gasteiger partial charge in [0.05, 0.1) is 24.7 Å². The average molecular weight is 555 g/mol. The smallest absolute Gasteiger partial charge is 0.325 e. The Morgan fingerprint density at radius 3 is 2.31 bits per heavy atom. The predicted molar refractivity (Wildman–Crippen MR) is 139 cm³/mol. The molecule has 0 bridgehead atoms. The number of nitrogens with one attached hydrogen (secondary N) is 3. The number of methoxy groups -OCH3 is 2. The minimum Gasteiger partial charge on any atom is -0.497 e. The van der Waals surface area contributed by atoms with Crippen molar-refractivity contribution in [2.75, 3.05) is 27.3 Å². The molecule has 0 aliphatic heterocycles. The van der Waals surface area contributed by atoms with Crippen LogP contribution < -0.4 is 20.1 Å². The van der Waals surface area contributed by atoms with Gasteiger partial charge in [0.25, 0.3) is 27.7 Å². The molecule has 0 atom stereocenters. The molecule has 3 aromatic rings. The molecule has 0 aliphatic carbocycles. The number of pyridine rings is 1. The van der Waals surface area contributed by atoms with Crippen LogP contribution in [0.15, 0.2) is 71.8 Å². The van der Waals surface area contributed by atoms with Crippen LogP contribution in [0.1, 0.15) is 36.8 Å². The number of sulfonamides is 1. The molecule has 204 valence electrons. The van der Waals surface area contributed by atoms with Gasteiger partial charge in [0, 0.05) is 18.3 Å². The van der Waals surface area contributed by atoms with Crippen LogP contribution in [0.2, 0.25) is 0 Å². The number of benzene rings is 2. The molecule has 0 aliphatic rings. The Kier molecular flexibility index (Phi) is 9.70. The molecule has 0 saturated heterocycles. The zero-order valence-corrected chi connectivity index (χ0v) is 21.9. The van der Waals surface area contributed by atoms with Crippen molar-refractivity contribution in [3.63, 3.8) is 0 Å². The van der Waals surface area contributed by atoms with E-state index in [2.05, 4.69) is 20.4 Å². The summed E-state index contributed by atoms with van der Waals surface area (Å²) in [6, 6.07) is 15.1. The summed E-state index contributed by atoms with van der Waals surface area (Å²) < 4.78 is 37.1. The van der Waals surface area contributed by atoms with E-state index >= 15 is 0 Å². The number of carbonyl (C=O) groups is 4. The second-order valence-corrected chi connectivity index (χ2v) is 9.69. The van der Waals surface area contributed by atoms with E-state index in [1.54, 1.807) is 7.11 Å². The summed E-state index contributed by atoms with van der Waals surface area (Å²) in [7, 11) is -1.60. The third kappa shape index (κ3) is 8.10. The number of nitrogens with zero attached hydrogens (tertiary/aromatic N) is 1. The number of esters is 1. The van der Waals surface area contributed by atoms with E-state index in [-0.39, 0.29) is 28.3 Å². The minimum atomic E-state index is -4.33. The molecule has 0 unspecified atom stereocenters. The molecular formula is C26H26N4O8S. The van der Waals surface area contributed by atoms with E-state index in [1.807, 2.05) is 29.0 Å². The number of rotatable bonds is 11. The number of carbonyl (C=O) groups excluding carboxylic acids is 4. The highest BCUT2D eigenvalue weighted by Crippen LogP contribution is 2.14. The fourth-order valence-corrected chi connectivity index (χ4v) is 4.29. The van der Waals surface area contributed by atoms with Crippen molar-refractivity contribution >= 4 is 33.7 Å². The molecular weight excluding hydrogens is 528 g/mol. The zero-order valence-electron chi connectivity index (χ0n) is 21.1. The minimum absolute atomic E-state index is 0.0941. The third-order valence-corrected chi connectivity index (χ3v) is 6.67. The predicted octanol–water partition coefficient (Wildman–Crippen LogP) is 1.08. The summed E-state index contributed by atoms with van der Waals surface area (Å²) in [5.74, 6) is -2.10. The van der Waals surface area contributed by atoms with Gasteiger partial charge in [-0.15, -0.1) is 0 Å². The summed E-state index contributed by atoms with van der Waals surface area (Å²) in [5.41, 5.74) is 0.830. The number of amides is 3. The molecule has 0 saturated carbocycles. The van der Waals surface area contributed by atoms with E-state index in [4.69, 9.17) is 4.74 Å². The fraction of sp³-hybridized carbons (Fsp3) is 0.192. The van der Waals surface area contributed by atoms with Crippen LogP contribution in [0.4, 0.5) is 0 Å². The Morgan fingerprint density at radius 2 is 1.62 bits per heavy atom. The van der Waals surface area contributed by atoms with Crippen LogP contribution in [0.5, 0.6) is 5.75 Å². The van der Waals surface area contributed by atoms with Gasteiger partial charge in [0.15, 0.2) is 0 Å². The van der Waals surface area contributed by atoms with Gasteiger partial charge in [0.2, 0.25) is 0 Å². The topological polar surface area (TPSA) is 170 Å². The Hall–Kier alpha value is -4.78. The summed E-state index contributed by atoms with van der Waals surface area (Å²) in [6.45, 7) is -0.0553. The first-order valence-corrected chi connectivity index (χ1v) is 13.0. The number of ether oxygens (including phenoxy) is 2. The molecule has 13 heteroatoms. The molecule has 2 aromatic carbocycles. The standard InChI is InChI=1S/C26H26N4O8S/c1-37-20-7-3-5-17(13-20)11-12-27-24(32)18-6-4-8-21(14-18)39(35,36)30-25(33)19-9-10-22(28-15-19)26(34)29-16-23(31)38-2/h3-10,13-15H,11-12,16H2,1-2H3,(H,27,32)(H,29,34)(H,30,33). The van der Waals surface area contributed by atoms with Crippen molar-refractivity contribution in [3.8, 4) is 5.75 Å². The van der Waals surface area contributed by atoms with Crippen molar-refractivity contribution < 1.29 is 37.1 Å². The van der Waals surface area contributed by atoms with Crippen molar-refractivity contribution in [2.24, 2.45) is 0 Å². The third-order valence-electron chi connectivity index (χ3n) is 5.35. The maximum absolute atomic E-state index is 12.8. The van der Waals surface area contributed by atoms with Crippen LogP contribution in [-0.4, -0.2) is 64.4 Å². The van der Waals surface area contributed by atoms with Gasteiger partial charge in [-0.2, -0.15) is 0 Å². The first-order valence-electron chi connectivity index (χ1n) is 11.5. The van der Waals surface area contributed by atoms with Gasteiger partial charge in [-0.25, -0.2) is 13.1 Å². The number of hydrogen-bond acceptors (Lipinski definition) is 9. The second-order valence-electron chi connectivity index (χ2n) is 8.01. The molecule has 3 amide bonds. The second kappa shape index (κ2) is 13.1. The molecule has 0 fully saturated rings. The lowest BCUT2D eigenvalue weighted by Crippen LogP contribution is -2.32. The highest BCUT2D eigenvalue weighted by atomic mass is 32.2. The molecule has 3 rings (SSSR count). The van der Waals surface area contributed by atoms with Gasteiger partial charge in [-0.1, -0.05) is 18.2 Å². The summed E-state index contributed by atoms with van der Waals surface area (Å²) in [4.78, 5) is 51.8. The molecule has 1 aromatic heterocycles. The first-order chi connectivity index (χ1) is 18.6. The summed E-state index contributed by atoms with van der Waals surface area (Å²) in [5, 5.41) is 5.02. The Labute approximate surface area is 224 Å². The number of hydrogen-bond donors (Lipinski definition) is 3. The lowest BCUT2D eigenvalue weighted by atomic mass is 10.1. The molecule has 12 nitrogen and oxygen atoms in total. The highest BCUT2D eigenvalue weighted by molar-refractivity contribution is 7.90. The maximum Gasteiger partial charge on any atom is 0.325 e. The summed E-state index contributed by atoms with van der Waals surface area (Å²) in [6.07, 6.45) is 1.56. The average Bonchev–Trinajstić information content (AvgIpc) is 2.95. The van der Waals surface area contributed by atoms with Crippen LogP contribution in [0.25, 0.3) is 0 Å². The van der Waals surface area contributed by atoms with Gasteiger partial charge in [-0.05, 0) is 54.4 Å². The van der Waals surface area contributed by atoms with E-state index in [0.29, 0.717) is 18.7 Å². The van der Waals surface area contributed by atoms with Crippen LogP contribution in [-0.2, 0) is 26.0 Å². The molecule has 0 spiro atoms. The zero-order chi connectivity index (χ0) is 28.4. The van der Waals surface area contributed by atoms with Crippen molar-refractivity contribution in [3.05, 3.63) is 89.2 Å². The van der Waals surface area contributed by atoms with E-state index in [0.717, 1.165) is 17.8 Å². The quantitative estimate of drug-likeness (QED) is 0.294. The Bertz CT molecular complexity index is 1470. The van der Waals surface area contributed by atoms with Crippen LogP contribution in [0, 0.1) is 0 Å². The molecule has 39 heavy (non-hydrogen) atoms. The van der Waals surface area contributed by atoms with Crippen LogP contribution >= 0.6 is 0 Å². The molecule has 0 radical (unpaired) electrons. The largest absolute Gasteiger partial charge is 0.497 e. The Morgan fingerprint density at radius 1 is 0.846 bits per heavy atom. The monoisotopic (exact) mass is 554 g/mol. The van der Waals surface area contributed by atoms with Crippen LogP contribution in [0.3, 0.4) is 0 Å².